The van der Waals surface area contributed by atoms with Crippen LogP contribution in [0.4, 0.5) is 0 Å². The smallest absolute Gasteiger partial charge is 0.181 e. The molecule has 3 aromatic rings. The van der Waals surface area contributed by atoms with Crippen molar-refractivity contribution in [2.75, 3.05) is 0 Å². The molecule has 1 unspecified atom stereocenters. The summed E-state index contributed by atoms with van der Waals surface area (Å²) in [5.74, 6) is 0. The number of fused-ring (bicyclic) bond motifs is 3. The molecule has 0 aliphatic carbocycles. The van der Waals surface area contributed by atoms with Crippen molar-refractivity contribution in [3.8, 4) is 5.69 Å². The number of hydrogen-bond donors (Lipinski definition) is 1. The lowest BCUT2D eigenvalue weighted by atomic mass is 10.1. The maximum atomic E-state index is 11.3. The van der Waals surface area contributed by atoms with E-state index in [4.69, 9.17) is 11.6 Å². The molecule has 1 aliphatic heterocycles. The van der Waals surface area contributed by atoms with Gasteiger partial charge in [0.2, 0.25) is 0 Å². The van der Waals surface area contributed by atoms with Crippen molar-refractivity contribution in [2.24, 2.45) is 0 Å². The van der Waals surface area contributed by atoms with Gasteiger partial charge in [-0.05, 0) is 30.3 Å². The van der Waals surface area contributed by atoms with Crippen LogP contribution >= 0.6 is 23.4 Å². The predicted molar refractivity (Wildman–Crippen MR) is 86.1 cm³/mol. The molecule has 0 saturated carbocycles. The van der Waals surface area contributed by atoms with Gasteiger partial charge in [-0.2, -0.15) is 0 Å². The SMILES string of the molecule is OC1(c2ccccc2)Sc2ccc(Cl)cc2-n2cccc21. The van der Waals surface area contributed by atoms with E-state index in [2.05, 4.69) is 0 Å². The summed E-state index contributed by atoms with van der Waals surface area (Å²) in [6.07, 6.45) is 1.96. The Bertz CT molecular complexity index is 815. The van der Waals surface area contributed by atoms with Gasteiger partial charge in [-0.3, -0.25) is 0 Å². The second-order valence-electron chi connectivity index (χ2n) is 4.99. The molecule has 2 nitrogen and oxygen atoms in total. The molecule has 0 amide bonds. The first-order valence-corrected chi connectivity index (χ1v) is 7.82. The average Bonchev–Trinajstić information content (AvgIpc) is 3.00. The summed E-state index contributed by atoms with van der Waals surface area (Å²) in [5.41, 5.74) is 2.72. The number of halogens is 1. The van der Waals surface area contributed by atoms with E-state index in [1.807, 2.05) is 71.4 Å². The van der Waals surface area contributed by atoms with Crippen LogP contribution in [0.15, 0.2) is 71.8 Å². The molecule has 1 atom stereocenters. The van der Waals surface area contributed by atoms with Crippen molar-refractivity contribution in [3.05, 3.63) is 83.1 Å². The van der Waals surface area contributed by atoms with Crippen molar-refractivity contribution in [1.29, 1.82) is 0 Å². The van der Waals surface area contributed by atoms with Crippen LogP contribution in [0.25, 0.3) is 5.69 Å². The summed E-state index contributed by atoms with van der Waals surface area (Å²) in [6.45, 7) is 0. The molecular weight excluding hydrogens is 302 g/mol. The molecule has 0 spiro atoms. The molecule has 1 aromatic heterocycles. The Labute approximate surface area is 132 Å². The molecule has 2 aromatic carbocycles. The largest absolute Gasteiger partial charge is 0.370 e. The zero-order valence-corrected chi connectivity index (χ0v) is 12.6. The number of aromatic nitrogens is 1. The summed E-state index contributed by atoms with van der Waals surface area (Å²) < 4.78 is 2.00. The maximum absolute atomic E-state index is 11.3. The minimum atomic E-state index is -1.09. The lowest BCUT2D eigenvalue weighted by Crippen LogP contribution is -2.29. The lowest BCUT2D eigenvalue weighted by Gasteiger charge is -2.34. The van der Waals surface area contributed by atoms with E-state index in [0.717, 1.165) is 21.8 Å². The van der Waals surface area contributed by atoms with E-state index in [1.165, 1.54) is 11.8 Å². The highest BCUT2D eigenvalue weighted by Crippen LogP contribution is 2.50. The molecule has 104 valence electrons. The van der Waals surface area contributed by atoms with E-state index < -0.39 is 4.93 Å². The number of nitrogens with zero attached hydrogens (tertiary/aromatic N) is 1. The third-order valence-corrected chi connectivity index (χ3v) is 5.24. The topological polar surface area (TPSA) is 25.2 Å². The summed E-state index contributed by atoms with van der Waals surface area (Å²) in [4.78, 5) is -0.0829. The highest BCUT2D eigenvalue weighted by molar-refractivity contribution is 8.00. The Hall–Kier alpha value is -1.68. The second-order valence-corrected chi connectivity index (χ2v) is 6.66. The number of benzene rings is 2. The number of rotatable bonds is 1. The predicted octanol–water partition coefficient (Wildman–Crippen LogP) is 4.43. The van der Waals surface area contributed by atoms with Gasteiger partial charge in [0.25, 0.3) is 0 Å². The lowest BCUT2D eigenvalue weighted by molar-refractivity contribution is 0.172. The van der Waals surface area contributed by atoms with Gasteiger partial charge in [-0.1, -0.05) is 53.7 Å². The van der Waals surface area contributed by atoms with E-state index in [0.29, 0.717) is 5.02 Å². The molecule has 4 rings (SSSR count). The molecule has 2 heterocycles. The molecule has 0 saturated heterocycles. The van der Waals surface area contributed by atoms with Crippen LogP contribution < -0.4 is 0 Å². The standard InChI is InChI=1S/C17H12ClNOS/c18-13-8-9-15-14(11-13)19-10-4-7-16(19)17(20,21-15)12-5-2-1-3-6-12/h1-11,20H. The Balaban J connectivity index is 1.97. The highest BCUT2D eigenvalue weighted by atomic mass is 35.5. The molecule has 1 aliphatic rings. The quantitative estimate of drug-likeness (QED) is 0.719. The van der Waals surface area contributed by atoms with E-state index in [1.54, 1.807) is 0 Å². The first-order valence-electron chi connectivity index (χ1n) is 6.63. The Morgan fingerprint density at radius 3 is 2.62 bits per heavy atom. The zero-order chi connectivity index (χ0) is 14.4. The molecule has 0 fully saturated rings. The monoisotopic (exact) mass is 313 g/mol. The number of thioether (sulfide) groups is 1. The summed E-state index contributed by atoms with van der Waals surface area (Å²) in [7, 11) is 0. The first-order chi connectivity index (χ1) is 10.2. The molecule has 21 heavy (non-hydrogen) atoms. The highest BCUT2D eigenvalue weighted by Gasteiger charge is 2.39. The van der Waals surface area contributed by atoms with Crippen molar-refractivity contribution >= 4 is 23.4 Å². The van der Waals surface area contributed by atoms with Crippen LogP contribution in [0.1, 0.15) is 11.3 Å². The van der Waals surface area contributed by atoms with Crippen LogP contribution in [0, 0.1) is 0 Å². The van der Waals surface area contributed by atoms with Crippen molar-refractivity contribution in [3.63, 3.8) is 0 Å². The molecule has 0 bridgehead atoms. The van der Waals surface area contributed by atoms with Gasteiger partial charge in [0.15, 0.2) is 4.93 Å². The molecule has 1 N–H and O–H groups in total. The Morgan fingerprint density at radius 1 is 1.00 bits per heavy atom. The third kappa shape index (κ3) is 1.93. The summed E-state index contributed by atoms with van der Waals surface area (Å²) >= 11 is 7.56. The Morgan fingerprint density at radius 2 is 1.81 bits per heavy atom. The van der Waals surface area contributed by atoms with Gasteiger partial charge in [-0.15, -0.1) is 0 Å². The third-order valence-electron chi connectivity index (χ3n) is 3.70. The second kappa shape index (κ2) is 4.67. The van der Waals surface area contributed by atoms with Crippen molar-refractivity contribution < 1.29 is 5.11 Å². The number of hydrogen-bond acceptors (Lipinski definition) is 2. The van der Waals surface area contributed by atoms with Crippen LogP contribution in [-0.4, -0.2) is 9.67 Å². The molecule has 4 heteroatoms. The van der Waals surface area contributed by atoms with Gasteiger partial charge in [-0.25, -0.2) is 0 Å². The average molecular weight is 314 g/mol. The van der Waals surface area contributed by atoms with Gasteiger partial charge < -0.3 is 9.67 Å². The molecule has 0 radical (unpaired) electrons. The Kier molecular flexibility index (Phi) is 2.89. The van der Waals surface area contributed by atoms with Gasteiger partial charge >= 0.3 is 0 Å². The fourth-order valence-electron chi connectivity index (χ4n) is 2.71. The van der Waals surface area contributed by atoms with Crippen LogP contribution in [0.2, 0.25) is 5.02 Å². The normalized spacial score (nSPS) is 19.9. The number of aliphatic hydroxyl groups is 1. The van der Waals surface area contributed by atoms with Gasteiger partial charge in [0, 0.05) is 21.7 Å². The van der Waals surface area contributed by atoms with E-state index in [9.17, 15) is 5.11 Å². The first kappa shape index (κ1) is 13.0. The fraction of sp³-hybridized carbons (Fsp3) is 0.0588. The maximum Gasteiger partial charge on any atom is 0.181 e. The fourth-order valence-corrected chi connectivity index (χ4v) is 4.12. The summed E-state index contributed by atoms with van der Waals surface area (Å²) in [5, 5.41) is 12.0. The zero-order valence-electron chi connectivity index (χ0n) is 11.0. The van der Waals surface area contributed by atoms with Gasteiger partial charge in [0.1, 0.15) is 0 Å². The van der Waals surface area contributed by atoms with Gasteiger partial charge in [0.05, 0.1) is 11.4 Å². The van der Waals surface area contributed by atoms with Crippen LogP contribution in [-0.2, 0) is 4.93 Å². The minimum Gasteiger partial charge on any atom is -0.370 e. The summed E-state index contributed by atoms with van der Waals surface area (Å²) in [6, 6.07) is 19.4. The minimum absolute atomic E-state index is 0.694. The van der Waals surface area contributed by atoms with E-state index in [-0.39, 0.29) is 0 Å². The van der Waals surface area contributed by atoms with Crippen molar-refractivity contribution in [1.82, 2.24) is 4.57 Å². The van der Waals surface area contributed by atoms with E-state index >= 15 is 0 Å². The van der Waals surface area contributed by atoms with Crippen LogP contribution in [0.3, 0.4) is 0 Å². The molecular formula is C17H12ClNOS. The van der Waals surface area contributed by atoms with Crippen LogP contribution in [0.5, 0.6) is 0 Å². The van der Waals surface area contributed by atoms with Crippen molar-refractivity contribution in [2.45, 2.75) is 9.83 Å².